The predicted octanol–water partition coefficient (Wildman–Crippen LogP) is 0.901. The van der Waals surface area contributed by atoms with Gasteiger partial charge in [-0.1, -0.05) is 12.1 Å². The lowest BCUT2D eigenvalue weighted by Gasteiger charge is -2.08. The Kier molecular flexibility index (Phi) is 3.69. The van der Waals surface area contributed by atoms with Crippen molar-refractivity contribution in [2.45, 2.75) is 38.8 Å². The van der Waals surface area contributed by atoms with Crippen LogP contribution in [-0.4, -0.2) is 29.3 Å². The van der Waals surface area contributed by atoms with Gasteiger partial charge >= 0.3 is 0 Å². The first-order valence-corrected chi connectivity index (χ1v) is 5.51. The first kappa shape index (κ1) is 10.6. The molecule has 5 nitrogen and oxygen atoms in total. The van der Waals surface area contributed by atoms with Crippen LogP contribution < -0.4 is 5.32 Å². The van der Waals surface area contributed by atoms with Gasteiger partial charge in [0.05, 0.1) is 6.61 Å². The summed E-state index contributed by atoms with van der Waals surface area (Å²) < 4.78 is 10.5. The maximum Gasteiger partial charge on any atom is 0.226 e. The smallest absolute Gasteiger partial charge is 0.226 e. The first-order chi connectivity index (χ1) is 7.38. The Labute approximate surface area is 89.2 Å². The Balaban J connectivity index is 1.68. The fraction of sp³-hybridized carbons (Fsp3) is 0.800. The van der Waals surface area contributed by atoms with Gasteiger partial charge in [-0.15, -0.1) is 0 Å². The molecule has 0 radical (unpaired) electrons. The van der Waals surface area contributed by atoms with Crippen LogP contribution in [0.25, 0.3) is 0 Å². The molecular formula is C10H17N3O2. The third-order valence-corrected chi connectivity index (χ3v) is 2.53. The monoisotopic (exact) mass is 211 g/mol. The molecule has 1 aliphatic rings. The van der Waals surface area contributed by atoms with E-state index >= 15 is 0 Å². The second-order valence-electron chi connectivity index (χ2n) is 3.77. The summed E-state index contributed by atoms with van der Waals surface area (Å²) in [6, 6.07) is 0.502. The van der Waals surface area contributed by atoms with Crippen molar-refractivity contribution in [3.63, 3.8) is 0 Å². The van der Waals surface area contributed by atoms with E-state index in [0.29, 0.717) is 24.4 Å². The number of hydrogen-bond donors (Lipinski definition) is 1. The van der Waals surface area contributed by atoms with Crippen molar-refractivity contribution < 1.29 is 9.26 Å². The van der Waals surface area contributed by atoms with Gasteiger partial charge in [-0.2, -0.15) is 4.98 Å². The zero-order valence-corrected chi connectivity index (χ0v) is 9.03. The predicted molar refractivity (Wildman–Crippen MR) is 54.4 cm³/mol. The molecule has 1 atom stereocenters. The average Bonchev–Trinajstić information content (AvgIpc) is 2.88. The Morgan fingerprint density at radius 2 is 2.53 bits per heavy atom. The van der Waals surface area contributed by atoms with Crippen molar-refractivity contribution in [1.29, 1.82) is 0 Å². The molecule has 2 heterocycles. The second kappa shape index (κ2) is 5.23. The lowest BCUT2D eigenvalue weighted by Crippen LogP contribution is -2.26. The van der Waals surface area contributed by atoms with Crippen LogP contribution in [-0.2, 0) is 17.8 Å². The molecule has 2 rings (SSSR count). The maximum atomic E-state index is 5.51. The lowest BCUT2D eigenvalue weighted by molar-refractivity contribution is 0.0968. The van der Waals surface area contributed by atoms with E-state index in [2.05, 4.69) is 15.5 Å². The summed E-state index contributed by atoms with van der Waals surface area (Å²) in [7, 11) is 0. The average molecular weight is 211 g/mol. The molecule has 0 amide bonds. The van der Waals surface area contributed by atoms with Gasteiger partial charge in [-0.05, 0) is 19.4 Å². The number of nitrogens with one attached hydrogen (secondary N) is 1. The molecular weight excluding hydrogens is 194 g/mol. The molecule has 0 spiro atoms. The van der Waals surface area contributed by atoms with E-state index in [1.54, 1.807) is 0 Å². The van der Waals surface area contributed by atoms with E-state index in [0.717, 1.165) is 19.6 Å². The number of rotatable bonds is 5. The fourth-order valence-corrected chi connectivity index (χ4v) is 1.68. The van der Waals surface area contributed by atoms with Crippen molar-refractivity contribution in [3.8, 4) is 0 Å². The molecule has 1 N–H and O–H groups in total. The molecule has 5 heteroatoms. The van der Waals surface area contributed by atoms with Crippen LogP contribution in [0.4, 0.5) is 0 Å². The van der Waals surface area contributed by atoms with E-state index < -0.39 is 0 Å². The normalized spacial score (nSPS) is 21.0. The topological polar surface area (TPSA) is 60.2 Å². The van der Waals surface area contributed by atoms with Crippen molar-refractivity contribution in [2.24, 2.45) is 0 Å². The third-order valence-electron chi connectivity index (χ3n) is 2.53. The Morgan fingerprint density at radius 1 is 1.60 bits per heavy atom. The van der Waals surface area contributed by atoms with Gasteiger partial charge in [0.25, 0.3) is 0 Å². The van der Waals surface area contributed by atoms with Crippen molar-refractivity contribution >= 4 is 0 Å². The van der Waals surface area contributed by atoms with Crippen LogP contribution in [0.15, 0.2) is 4.52 Å². The Bertz CT molecular complexity index is 295. The van der Waals surface area contributed by atoms with Gasteiger partial charge in [-0.25, -0.2) is 0 Å². The number of ether oxygens (including phenoxy) is 1. The molecule has 1 aromatic rings. The van der Waals surface area contributed by atoms with Gasteiger partial charge in [0.15, 0.2) is 5.82 Å². The number of aromatic nitrogens is 2. The highest BCUT2D eigenvalue weighted by molar-refractivity contribution is 4.83. The molecule has 1 aliphatic heterocycles. The zero-order valence-electron chi connectivity index (χ0n) is 9.03. The minimum atomic E-state index is 0.446. The number of aryl methyl sites for hydroxylation is 1. The van der Waals surface area contributed by atoms with Crippen molar-refractivity contribution in [3.05, 3.63) is 11.7 Å². The molecule has 1 aromatic heterocycles. The van der Waals surface area contributed by atoms with Crippen molar-refractivity contribution in [2.75, 3.05) is 13.2 Å². The van der Waals surface area contributed by atoms with Gasteiger partial charge in [-0.3, -0.25) is 0 Å². The van der Waals surface area contributed by atoms with E-state index in [1.807, 2.05) is 6.92 Å². The van der Waals surface area contributed by atoms with Crippen LogP contribution >= 0.6 is 0 Å². The van der Waals surface area contributed by atoms with Crippen LogP contribution in [0.2, 0.25) is 0 Å². The van der Waals surface area contributed by atoms with E-state index in [4.69, 9.17) is 9.26 Å². The molecule has 1 unspecified atom stereocenters. The van der Waals surface area contributed by atoms with E-state index in [1.165, 1.54) is 12.8 Å². The summed E-state index contributed by atoms with van der Waals surface area (Å²) in [5, 5.41) is 7.19. The summed E-state index contributed by atoms with van der Waals surface area (Å²) >= 11 is 0. The summed E-state index contributed by atoms with van der Waals surface area (Å²) in [5.41, 5.74) is 0. The molecule has 0 saturated carbocycles. The quantitative estimate of drug-likeness (QED) is 0.784. The van der Waals surface area contributed by atoms with Crippen LogP contribution in [0, 0.1) is 0 Å². The van der Waals surface area contributed by atoms with Crippen LogP contribution in [0.5, 0.6) is 0 Å². The van der Waals surface area contributed by atoms with E-state index in [9.17, 15) is 0 Å². The van der Waals surface area contributed by atoms with E-state index in [-0.39, 0.29) is 0 Å². The Morgan fingerprint density at radius 3 is 3.20 bits per heavy atom. The molecule has 84 valence electrons. The highest BCUT2D eigenvalue weighted by atomic mass is 16.5. The minimum absolute atomic E-state index is 0.446. The van der Waals surface area contributed by atoms with Crippen LogP contribution in [0.1, 0.15) is 31.5 Å². The summed E-state index contributed by atoms with van der Waals surface area (Å²) in [6.07, 6.45) is 3.22. The summed E-state index contributed by atoms with van der Waals surface area (Å²) in [5.74, 6) is 1.32. The molecule has 1 saturated heterocycles. The van der Waals surface area contributed by atoms with Gasteiger partial charge in [0.2, 0.25) is 5.89 Å². The highest BCUT2D eigenvalue weighted by Gasteiger charge is 2.14. The minimum Gasteiger partial charge on any atom is -0.372 e. The third kappa shape index (κ3) is 3.00. The standard InChI is InChI=1S/C10H17N3O2/c1-2-10-12-9(13-15-10)7-14-6-8-4-3-5-11-8/h8,11H,2-7H2,1H3. The maximum absolute atomic E-state index is 5.51. The van der Waals surface area contributed by atoms with Crippen LogP contribution in [0.3, 0.4) is 0 Å². The first-order valence-electron chi connectivity index (χ1n) is 5.51. The largest absolute Gasteiger partial charge is 0.372 e. The molecule has 0 bridgehead atoms. The highest BCUT2D eigenvalue weighted by Crippen LogP contribution is 2.06. The number of nitrogens with zero attached hydrogens (tertiary/aromatic N) is 2. The fourth-order valence-electron chi connectivity index (χ4n) is 1.68. The van der Waals surface area contributed by atoms with Gasteiger partial charge < -0.3 is 14.6 Å². The zero-order chi connectivity index (χ0) is 10.5. The summed E-state index contributed by atoms with van der Waals surface area (Å²) in [6.45, 7) is 4.27. The molecule has 0 aromatic carbocycles. The lowest BCUT2D eigenvalue weighted by atomic mass is 10.2. The molecule has 1 fully saturated rings. The van der Waals surface area contributed by atoms with Gasteiger partial charge in [0.1, 0.15) is 6.61 Å². The van der Waals surface area contributed by atoms with Gasteiger partial charge in [0, 0.05) is 12.5 Å². The number of hydrogen-bond acceptors (Lipinski definition) is 5. The van der Waals surface area contributed by atoms with Crippen molar-refractivity contribution in [1.82, 2.24) is 15.5 Å². The second-order valence-corrected chi connectivity index (χ2v) is 3.77. The molecule has 0 aliphatic carbocycles. The summed E-state index contributed by atoms with van der Waals surface area (Å²) in [4.78, 5) is 4.17. The SMILES string of the molecule is CCc1nc(COCC2CCCN2)no1. The molecule has 15 heavy (non-hydrogen) atoms. The Hall–Kier alpha value is -0.940.